The van der Waals surface area contributed by atoms with Crippen LogP contribution in [-0.2, 0) is 16.0 Å². The third-order valence-electron chi connectivity index (χ3n) is 5.53. The summed E-state index contributed by atoms with van der Waals surface area (Å²) in [5.74, 6) is -1.12. The van der Waals surface area contributed by atoms with Gasteiger partial charge in [-0.1, -0.05) is 24.3 Å². The van der Waals surface area contributed by atoms with Crippen LogP contribution in [0.3, 0.4) is 0 Å². The van der Waals surface area contributed by atoms with Crippen molar-refractivity contribution in [1.82, 2.24) is 9.88 Å². The average Bonchev–Trinajstić information content (AvgIpc) is 3.29. The molecule has 1 aliphatic rings. The number of carbonyl (C=O) groups is 2. The van der Waals surface area contributed by atoms with E-state index >= 15 is 0 Å². The van der Waals surface area contributed by atoms with Crippen LogP contribution in [0.2, 0.25) is 0 Å². The summed E-state index contributed by atoms with van der Waals surface area (Å²) in [7, 11) is 0. The van der Waals surface area contributed by atoms with Crippen molar-refractivity contribution in [2.75, 3.05) is 18.4 Å². The van der Waals surface area contributed by atoms with Gasteiger partial charge in [-0.25, -0.2) is 9.37 Å². The minimum absolute atomic E-state index is 0.00302. The minimum Gasteiger partial charge on any atom is -0.434 e. The molecule has 2 amide bonds. The van der Waals surface area contributed by atoms with Gasteiger partial charge in [-0.3, -0.25) is 9.59 Å². The van der Waals surface area contributed by atoms with Crippen molar-refractivity contribution >= 4 is 28.3 Å². The number of carbonyl (C=O) groups excluding carboxylic acids is 2. The highest BCUT2D eigenvalue weighted by atomic mass is 32.1. The number of nitrogens with zero attached hydrogens (tertiary/aromatic N) is 2. The van der Waals surface area contributed by atoms with Crippen LogP contribution >= 0.6 is 11.3 Å². The summed E-state index contributed by atoms with van der Waals surface area (Å²) in [6, 6.07) is 12.1. The van der Waals surface area contributed by atoms with E-state index in [1.165, 1.54) is 29.5 Å². The topological polar surface area (TPSA) is 71.5 Å². The molecule has 1 aromatic heterocycles. The van der Waals surface area contributed by atoms with Crippen molar-refractivity contribution in [3.8, 4) is 17.0 Å². The average molecular weight is 490 g/mol. The zero-order valence-corrected chi connectivity index (χ0v) is 18.9. The van der Waals surface area contributed by atoms with Crippen LogP contribution in [-0.4, -0.2) is 41.4 Å². The quantitative estimate of drug-likeness (QED) is 0.509. The highest BCUT2D eigenvalue weighted by molar-refractivity contribution is 7.14. The van der Waals surface area contributed by atoms with Crippen molar-refractivity contribution in [1.29, 1.82) is 0 Å². The van der Waals surface area contributed by atoms with E-state index in [0.717, 1.165) is 0 Å². The molecule has 0 aliphatic carbocycles. The van der Waals surface area contributed by atoms with Crippen molar-refractivity contribution in [3.63, 3.8) is 0 Å². The molecule has 0 radical (unpaired) electrons. The van der Waals surface area contributed by atoms with E-state index in [-0.39, 0.29) is 36.3 Å². The number of alkyl halides is 2. The van der Waals surface area contributed by atoms with Crippen LogP contribution < -0.4 is 10.1 Å². The number of piperidine rings is 1. The third-order valence-corrected chi connectivity index (χ3v) is 6.28. The van der Waals surface area contributed by atoms with E-state index in [1.807, 2.05) is 0 Å². The predicted octanol–water partition coefficient (Wildman–Crippen LogP) is 4.97. The smallest absolute Gasteiger partial charge is 0.387 e. The number of rotatable bonds is 7. The molecular weight excluding hydrogens is 467 g/mol. The van der Waals surface area contributed by atoms with Gasteiger partial charge in [0.2, 0.25) is 11.8 Å². The van der Waals surface area contributed by atoms with Gasteiger partial charge in [0.05, 0.1) is 18.0 Å². The number of amides is 2. The standard InChI is InChI=1S/C24H22F3N3O3S/c25-17-9-7-15(8-10-17)12-21(31)30-11-3-4-16(13-30)22(32)29-24-28-19(14-34-24)18-5-1-2-6-20(18)33-23(26)27/h1-2,5-10,14,16,23H,3-4,11-13H2,(H,28,29,32). The van der Waals surface area contributed by atoms with Gasteiger partial charge >= 0.3 is 6.61 Å². The molecule has 1 saturated heterocycles. The molecule has 178 valence electrons. The van der Waals surface area contributed by atoms with E-state index in [2.05, 4.69) is 15.0 Å². The van der Waals surface area contributed by atoms with Crippen LogP contribution in [0.15, 0.2) is 53.9 Å². The Kier molecular flexibility index (Phi) is 7.46. The van der Waals surface area contributed by atoms with Gasteiger partial charge < -0.3 is 15.0 Å². The molecule has 0 saturated carbocycles. The normalized spacial score (nSPS) is 15.9. The number of thiazole rings is 1. The highest BCUT2D eigenvalue weighted by Crippen LogP contribution is 2.33. The SMILES string of the molecule is O=C(Nc1nc(-c2ccccc2OC(F)F)cs1)C1CCCN(C(=O)Cc2ccc(F)cc2)C1. The monoisotopic (exact) mass is 489 g/mol. The zero-order chi connectivity index (χ0) is 24.1. The molecule has 1 aliphatic heterocycles. The summed E-state index contributed by atoms with van der Waals surface area (Å²) in [6.07, 6.45) is 1.47. The van der Waals surface area contributed by atoms with Crippen LogP contribution in [0, 0.1) is 11.7 Å². The molecule has 6 nitrogen and oxygen atoms in total. The summed E-state index contributed by atoms with van der Waals surface area (Å²) in [5.41, 5.74) is 1.52. The van der Waals surface area contributed by atoms with Gasteiger partial charge in [0.1, 0.15) is 11.6 Å². The number of likely N-dealkylation sites (tertiary alicyclic amines) is 1. The fourth-order valence-electron chi connectivity index (χ4n) is 3.85. The van der Waals surface area contributed by atoms with Gasteiger partial charge in [-0.05, 0) is 42.7 Å². The van der Waals surface area contributed by atoms with Crippen molar-refractivity contribution in [2.45, 2.75) is 25.9 Å². The number of nitrogens with one attached hydrogen (secondary N) is 1. The molecule has 4 rings (SSSR count). The number of ether oxygens (including phenoxy) is 1. The van der Waals surface area contributed by atoms with Crippen LogP contribution in [0.1, 0.15) is 18.4 Å². The fourth-order valence-corrected chi connectivity index (χ4v) is 4.56. The Hall–Kier alpha value is -3.40. The first-order chi connectivity index (χ1) is 16.4. The molecule has 1 unspecified atom stereocenters. The first kappa shape index (κ1) is 23.7. The van der Waals surface area contributed by atoms with E-state index in [1.54, 1.807) is 40.6 Å². The number of hydrogen-bond donors (Lipinski definition) is 1. The van der Waals surface area contributed by atoms with Crippen molar-refractivity contribution in [3.05, 3.63) is 65.3 Å². The molecule has 2 aromatic carbocycles. The second-order valence-corrected chi connectivity index (χ2v) is 8.74. The molecule has 3 aromatic rings. The molecule has 2 heterocycles. The Balaban J connectivity index is 1.37. The molecule has 10 heteroatoms. The summed E-state index contributed by atoms with van der Waals surface area (Å²) in [5, 5.41) is 4.77. The van der Waals surface area contributed by atoms with Crippen LogP contribution in [0.4, 0.5) is 18.3 Å². The van der Waals surface area contributed by atoms with Gasteiger partial charge in [0.25, 0.3) is 0 Å². The maximum Gasteiger partial charge on any atom is 0.387 e. The first-order valence-corrected chi connectivity index (χ1v) is 11.6. The molecular formula is C24H22F3N3O3S. The lowest BCUT2D eigenvalue weighted by Gasteiger charge is -2.32. The maximum absolute atomic E-state index is 13.1. The van der Waals surface area contributed by atoms with Gasteiger partial charge in [0.15, 0.2) is 5.13 Å². The second kappa shape index (κ2) is 10.7. The first-order valence-electron chi connectivity index (χ1n) is 10.7. The Labute approximate surface area is 198 Å². The Morgan fingerprint density at radius 1 is 1.18 bits per heavy atom. The molecule has 1 N–H and O–H groups in total. The zero-order valence-electron chi connectivity index (χ0n) is 18.0. The highest BCUT2D eigenvalue weighted by Gasteiger charge is 2.29. The molecule has 1 fully saturated rings. The predicted molar refractivity (Wildman–Crippen MR) is 122 cm³/mol. The number of hydrogen-bond acceptors (Lipinski definition) is 5. The molecule has 0 bridgehead atoms. The number of anilines is 1. The van der Waals surface area contributed by atoms with Crippen LogP contribution in [0.5, 0.6) is 5.75 Å². The lowest BCUT2D eigenvalue weighted by molar-refractivity contribution is -0.133. The van der Waals surface area contributed by atoms with Gasteiger partial charge in [-0.2, -0.15) is 8.78 Å². The maximum atomic E-state index is 13.1. The number of halogens is 3. The largest absolute Gasteiger partial charge is 0.434 e. The summed E-state index contributed by atoms with van der Waals surface area (Å²) in [4.78, 5) is 31.5. The van der Waals surface area contributed by atoms with E-state index in [0.29, 0.717) is 41.3 Å². The van der Waals surface area contributed by atoms with Gasteiger partial charge in [0, 0.05) is 24.0 Å². The molecule has 0 spiro atoms. The number of para-hydroxylation sites is 1. The Morgan fingerprint density at radius 3 is 2.71 bits per heavy atom. The fraction of sp³-hybridized carbons (Fsp3) is 0.292. The minimum atomic E-state index is -2.96. The summed E-state index contributed by atoms with van der Waals surface area (Å²) in [6.45, 7) is -2.11. The Bertz CT molecular complexity index is 1150. The summed E-state index contributed by atoms with van der Waals surface area (Å²) < 4.78 is 43.0. The number of benzene rings is 2. The Morgan fingerprint density at radius 2 is 1.94 bits per heavy atom. The van der Waals surface area contributed by atoms with E-state index in [9.17, 15) is 22.8 Å². The van der Waals surface area contributed by atoms with Crippen molar-refractivity contribution < 1.29 is 27.5 Å². The molecule has 34 heavy (non-hydrogen) atoms. The van der Waals surface area contributed by atoms with E-state index < -0.39 is 12.5 Å². The number of aromatic nitrogens is 1. The second-order valence-electron chi connectivity index (χ2n) is 7.88. The third kappa shape index (κ3) is 5.93. The summed E-state index contributed by atoms with van der Waals surface area (Å²) >= 11 is 1.18. The lowest BCUT2D eigenvalue weighted by Crippen LogP contribution is -2.44. The molecule has 1 atom stereocenters. The van der Waals surface area contributed by atoms with Crippen molar-refractivity contribution in [2.24, 2.45) is 5.92 Å². The van der Waals surface area contributed by atoms with Gasteiger partial charge in [-0.15, -0.1) is 11.3 Å². The van der Waals surface area contributed by atoms with Crippen LogP contribution in [0.25, 0.3) is 11.3 Å². The lowest BCUT2D eigenvalue weighted by atomic mass is 9.96. The van der Waals surface area contributed by atoms with E-state index in [4.69, 9.17) is 0 Å².